The van der Waals surface area contributed by atoms with E-state index >= 15 is 0 Å². The summed E-state index contributed by atoms with van der Waals surface area (Å²) in [5.41, 5.74) is 0.0424. The van der Waals surface area contributed by atoms with E-state index in [1.54, 1.807) is 25.9 Å². The molecule has 0 fully saturated rings. The molecule has 20 heavy (non-hydrogen) atoms. The molecule has 0 N–H and O–H groups in total. The fourth-order valence-corrected chi connectivity index (χ4v) is 1.92. The smallest absolute Gasteiger partial charge is 0.343 e. The van der Waals surface area contributed by atoms with E-state index in [2.05, 4.69) is 20.9 Å². The van der Waals surface area contributed by atoms with Crippen LogP contribution in [0.1, 0.15) is 17.3 Å². The van der Waals surface area contributed by atoms with Crippen molar-refractivity contribution < 1.29 is 14.3 Å². The zero-order valence-electron chi connectivity index (χ0n) is 11.3. The SMILES string of the molecule is CCOC(=O)/C(=C/N(C)C)C(=O)c1cc(Br)cnc1Cl. The van der Waals surface area contributed by atoms with E-state index in [1.165, 1.54) is 18.5 Å². The minimum absolute atomic E-state index is 0.0344. The molecule has 0 aliphatic heterocycles. The van der Waals surface area contributed by atoms with Crippen molar-refractivity contribution in [3.63, 3.8) is 0 Å². The average molecular weight is 362 g/mol. The number of nitrogens with zero attached hydrogens (tertiary/aromatic N) is 2. The fraction of sp³-hybridized carbons (Fsp3) is 0.308. The van der Waals surface area contributed by atoms with Crippen LogP contribution in [0.25, 0.3) is 0 Å². The maximum absolute atomic E-state index is 12.4. The van der Waals surface area contributed by atoms with Crippen LogP contribution in [0, 0.1) is 0 Å². The Morgan fingerprint density at radius 3 is 2.70 bits per heavy atom. The first kappa shape index (κ1) is 16.7. The van der Waals surface area contributed by atoms with Gasteiger partial charge in [0.2, 0.25) is 5.78 Å². The van der Waals surface area contributed by atoms with E-state index in [4.69, 9.17) is 16.3 Å². The first-order valence-electron chi connectivity index (χ1n) is 5.78. The summed E-state index contributed by atoms with van der Waals surface area (Å²) in [5, 5.41) is 0.0344. The standard InChI is InChI=1S/C13H14BrClN2O3/c1-4-20-13(19)10(7-17(2)3)11(18)9-5-8(14)6-16-12(9)15/h5-7H,4H2,1-3H3/b10-7+. The molecule has 0 unspecified atom stereocenters. The van der Waals surface area contributed by atoms with Gasteiger partial charge in [0.15, 0.2) is 0 Å². The number of aromatic nitrogens is 1. The minimum atomic E-state index is -0.692. The Kier molecular flexibility index (Phi) is 6.16. The Hall–Kier alpha value is -1.40. The number of Topliss-reactive ketones (excluding diaryl/α,β-unsaturated/α-hetero) is 1. The summed E-state index contributed by atoms with van der Waals surface area (Å²) >= 11 is 9.12. The number of ether oxygens (including phenoxy) is 1. The van der Waals surface area contributed by atoms with Gasteiger partial charge in [-0.3, -0.25) is 4.79 Å². The van der Waals surface area contributed by atoms with Crippen LogP contribution in [0.4, 0.5) is 0 Å². The number of halogens is 2. The van der Waals surface area contributed by atoms with Gasteiger partial charge < -0.3 is 9.64 Å². The molecular weight excluding hydrogens is 348 g/mol. The number of hydrogen-bond donors (Lipinski definition) is 0. The maximum Gasteiger partial charge on any atom is 0.343 e. The van der Waals surface area contributed by atoms with Crippen molar-refractivity contribution in [1.82, 2.24) is 9.88 Å². The molecule has 1 heterocycles. The van der Waals surface area contributed by atoms with Gasteiger partial charge in [0.05, 0.1) is 12.2 Å². The van der Waals surface area contributed by atoms with Crippen LogP contribution in [-0.4, -0.2) is 42.3 Å². The first-order valence-corrected chi connectivity index (χ1v) is 6.95. The first-order chi connectivity index (χ1) is 9.36. The largest absolute Gasteiger partial charge is 0.462 e. The lowest BCUT2D eigenvalue weighted by Gasteiger charge is -2.11. The maximum atomic E-state index is 12.4. The lowest BCUT2D eigenvalue weighted by Crippen LogP contribution is -2.20. The van der Waals surface area contributed by atoms with Gasteiger partial charge in [-0.1, -0.05) is 11.6 Å². The molecule has 0 aliphatic rings. The third kappa shape index (κ3) is 4.31. The number of ketones is 1. The van der Waals surface area contributed by atoms with Crippen molar-refractivity contribution in [2.45, 2.75) is 6.92 Å². The van der Waals surface area contributed by atoms with Gasteiger partial charge in [-0.15, -0.1) is 0 Å². The normalized spacial score (nSPS) is 11.2. The molecule has 0 amide bonds. The van der Waals surface area contributed by atoms with Crippen LogP contribution in [0.5, 0.6) is 0 Å². The predicted octanol–water partition coefficient (Wildman–Crippen LogP) is 2.69. The molecule has 5 nitrogen and oxygen atoms in total. The number of carbonyl (C=O) groups excluding carboxylic acids is 2. The molecule has 0 aliphatic carbocycles. The van der Waals surface area contributed by atoms with Gasteiger partial charge in [0.1, 0.15) is 10.7 Å². The zero-order valence-corrected chi connectivity index (χ0v) is 13.7. The Labute approximate surface area is 130 Å². The molecule has 7 heteroatoms. The summed E-state index contributed by atoms with van der Waals surface area (Å²) in [5.74, 6) is -1.22. The number of hydrogen-bond acceptors (Lipinski definition) is 5. The molecule has 1 aromatic rings. The van der Waals surface area contributed by atoms with Gasteiger partial charge in [-0.2, -0.15) is 0 Å². The summed E-state index contributed by atoms with van der Waals surface area (Å²) in [7, 11) is 3.40. The van der Waals surface area contributed by atoms with Crippen molar-refractivity contribution in [2.75, 3.05) is 20.7 Å². The Morgan fingerprint density at radius 1 is 1.50 bits per heavy atom. The number of rotatable bonds is 5. The highest BCUT2D eigenvalue weighted by Crippen LogP contribution is 2.21. The summed E-state index contributed by atoms with van der Waals surface area (Å²) < 4.78 is 5.48. The van der Waals surface area contributed by atoms with Gasteiger partial charge in [0.25, 0.3) is 0 Å². The highest BCUT2D eigenvalue weighted by molar-refractivity contribution is 9.10. The van der Waals surface area contributed by atoms with Gasteiger partial charge in [-0.25, -0.2) is 9.78 Å². The topological polar surface area (TPSA) is 59.5 Å². The molecule has 0 bridgehead atoms. The number of pyridine rings is 1. The Morgan fingerprint density at radius 2 is 2.15 bits per heavy atom. The molecule has 0 spiro atoms. The second-order valence-electron chi connectivity index (χ2n) is 4.05. The Balaban J connectivity index is 3.24. The lowest BCUT2D eigenvalue weighted by molar-refractivity contribution is -0.138. The average Bonchev–Trinajstić information content (AvgIpc) is 2.38. The van der Waals surface area contributed by atoms with Crippen LogP contribution < -0.4 is 0 Å². The summed E-state index contributed by atoms with van der Waals surface area (Å²) in [4.78, 5) is 29.8. The molecule has 1 aromatic heterocycles. The van der Waals surface area contributed by atoms with E-state index in [9.17, 15) is 9.59 Å². The van der Waals surface area contributed by atoms with Crippen molar-refractivity contribution in [2.24, 2.45) is 0 Å². The predicted molar refractivity (Wildman–Crippen MR) is 79.7 cm³/mol. The quantitative estimate of drug-likeness (QED) is 0.201. The lowest BCUT2D eigenvalue weighted by atomic mass is 10.1. The molecule has 0 saturated carbocycles. The monoisotopic (exact) mass is 360 g/mol. The van der Waals surface area contributed by atoms with Crippen molar-refractivity contribution >= 4 is 39.3 Å². The molecule has 0 aromatic carbocycles. The van der Waals surface area contributed by atoms with Crippen LogP contribution in [-0.2, 0) is 9.53 Å². The molecule has 0 saturated heterocycles. The molecule has 1 rings (SSSR count). The van der Waals surface area contributed by atoms with E-state index < -0.39 is 11.8 Å². The van der Waals surface area contributed by atoms with Crippen molar-refractivity contribution in [3.05, 3.63) is 39.2 Å². The number of esters is 1. The van der Waals surface area contributed by atoms with Crippen LogP contribution in [0.2, 0.25) is 5.15 Å². The second kappa shape index (κ2) is 7.40. The second-order valence-corrected chi connectivity index (χ2v) is 5.32. The van der Waals surface area contributed by atoms with Gasteiger partial charge in [-0.05, 0) is 28.9 Å². The van der Waals surface area contributed by atoms with E-state index in [0.717, 1.165) is 0 Å². The third-order valence-corrected chi connectivity index (χ3v) is 2.91. The molecule has 0 atom stereocenters. The zero-order chi connectivity index (χ0) is 15.3. The fourth-order valence-electron chi connectivity index (χ4n) is 1.40. The molecular formula is C13H14BrClN2O3. The van der Waals surface area contributed by atoms with E-state index in [1.807, 2.05) is 0 Å². The molecule has 0 radical (unpaired) electrons. The third-order valence-electron chi connectivity index (χ3n) is 2.18. The summed E-state index contributed by atoms with van der Waals surface area (Å²) in [6, 6.07) is 1.51. The summed E-state index contributed by atoms with van der Waals surface area (Å²) in [6.07, 6.45) is 2.87. The highest BCUT2D eigenvalue weighted by atomic mass is 79.9. The van der Waals surface area contributed by atoms with Gasteiger partial charge in [0, 0.05) is 31.0 Å². The summed E-state index contributed by atoms with van der Waals surface area (Å²) in [6.45, 7) is 1.85. The van der Waals surface area contributed by atoms with Crippen LogP contribution in [0.3, 0.4) is 0 Å². The van der Waals surface area contributed by atoms with E-state index in [-0.39, 0.29) is 22.9 Å². The minimum Gasteiger partial charge on any atom is -0.462 e. The highest BCUT2D eigenvalue weighted by Gasteiger charge is 2.24. The van der Waals surface area contributed by atoms with Gasteiger partial charge >= 0.3 is 5.97 Å². The van der Waals surface area contributed by atoms with Crippen LogP contribution in [0.15, 0.2) is 28.5 Å². The molecule has 108 valence electrons. The van der Waals surface area contributed by atoms with Crippen molar-refractivity contribution in [3.8, 4) is 0 Å². The number of carbonyl (C=O) groups is 2. The van der Waals surface area contributed by atoms with E-state index in [0.29, 0.717) is 4.47 Å². The Bertz CT molecular complexity index is 559. The van der Waals surface area contributed by atoms with Crippen LogP contribution >= 0.6 is 27.5 Å². The van der Waals surface area contributed by atoms with Crippen molar-refractivity contribution in [1.29, 1.82) is 0 Å².